The van der Waals surface area contributed by atoms with Crippen molar-refractivity contribution in [2.24, 2.45) is 0 Å². The van der Waals surface area contributed by atoms with E-state index in [9.17, 15) is 4.79 Å². The molecule has 0 radical (unpaired) electrons. The van der Waals surface area contributed by atoms with Crippen molar-refractivity contribution in [3.05, 3.63) is 43.2 Å². The summed E-state index contributed by atoms with van der Waals surface area (Å²) in [6, 6.07) is 3.10. The number of ether oxygens (including phenoxy) is 1. The summed E-state index contributed by atoms with van der Waals surface area (Å²) in [5, 5.41) is 7.88. The predicted molar refractivity (Wildman–Crippen MR) is 106 cm³/mol. The van der Waals surface area contributed by atoms with E-state index in [1.165, 1.54) is 24.5 Å². The van der Waals surface area contributed by atoms with Gasteiger partial charge in [-0.1, -0.05) is 34.8 Å². The van der Waals surface area contributed by atoms with Crippen LogP contribution in [0.4, 0.5) is 10.7 Å². The van der Waals surface area contributed by atoms with Crippen molar-refractivity contribution >= 4 is 80.1 Å². The summed E-state index contributed by atoms with van der Waals surface area (Å²) < 4.78 is 4.83. The fourth-order valence-electron chi connectivity index (χ4n) is 1.94. The third-order valence-corrected chi connectivity index (χ3v) is 5.62. The Morgan fingerprint density at radius 1 is 1.12 bits per heavy atom. The summed E-state index contributed by atoms with van der Waals surface area (Å²) in [5.74, 6) is -0.422. The van der Waals surface area contributed by atoms with Crippen molar-refractivity contribution in [2.45, 2.75) is 13.8 Å². The number of thiocarbonyl (C=S) groups is 1. The fourth-order valence-corrected chi connectivity index (χ4v) is 3.86. The molecule has 2 aromatic rings. The van der Waals surface area contributed by atoms with E-state index in [4.69, 9.17) is 51.8 Å². The van der Waals surface area contributed by atoms with Gasteiger partial charge in [-0.05, 0) is 43.8 Å². The zero-order valence-electron chi connectivity index (χ0n) is 12.9. The molecule has 0 saturated heterocycles. The lowest BCUT2D eigenvalue weighted by Crippen LogP contribution is -2.20. The average Bonchev–Trinajstić information content (AvgIpc) is 2.78. The number of nitrogens with one attached hydrogen (secondary N) is 2. The summed E-state index contributed by atoms with van der Waals surface area (Å²) in [6.07, 6.45) is 0. The van der Waals surface area contributed by atoms with Gasteiger partial charge >= 0.3 is 5.97 Å². The first-order chi connectivity index (χ1) is 11.2. The first-order valence-electron chi connectivity index (χ1n) is 6.65. The van der Waals surface area contributed by atoms with Crippen LogP contribution in [-0.4, -0.2) is 18.2 Å². The number of aryl methyl sites for hydroxylation is 1. The molecule has 1 aromatic heterocycles. The number of anilines is 2. The Balaban J connectivity index is 2.24. The molecule has 0 fully saturated rings. The van der Waals surface area contributed by atoms with Crippen LogP contribution in [0.15, 0.2) is 12.1 Å². The summed E-state index contributed by atoms with van der Waals surface area (Å²) in [6.45, 7) is 3.78. The Bertz CT molecular complexity index is 822. The van der Waals surface area contributed by atoms with E-state index in [0.717, 1.165) is 10.4 Å². The van der Waals surface area contributed by atoms with Gasteiger partial charge < -0.3 is 15.4 Å². The maximum Gasteiger partial charge on any atom is 0.341 e. The molecule has 0 unspecified atom stereocenters. The summed E-state index contributed by atoms with van der Waals surface area (Å²) in [7, 11) is 1.34. The Kier molecular flexibility index (Phi) is 6.33. The molecule has 2 rings (SSSR count). The number of hydrogen-bond acceptors (Lipinski definition) is 4. The number of thiophene rings is 1. The van der Waals surface area contributed by atoms with Crippen LogP contribution in [0, 0.1) is 13.8 Å². The van der Waals surface area contributed by atoms with Gasteiger partial charge in [0.1, 0.15) is 5.00 Å². The van der Waals surface area contributed by atoms with Crippen molar-refractivity contribution < 1.29 is 9.53 Å². The number of methoxy groups -OCH3 is 1. The molecule has 0 aliphatic carbocycles. The first kappa shape index (κ1) is 19.3. The molecule has 0 aliphatic heterocycles. The number of esters is 1. The van der Waals surface area contributed by atoms with Gasteiger partial charge in [-0.25, -0.2) is 4.79 Å². The number of halogens is 3. The maximum absolute atomic E-state index is 12.0. The lowest BCUT2D eigenvalue weighted by molar-refractivity contribution is 0.0601. The van der Waals surface area contributed by atoms with Crippen molar-refractivity contribution in [3.63, 3.8) is 0 Å². The van der Waals surface area contributed by atoms with Crippen molar-refractivity contribution in [2.75, 3.05) is 17.7 Å². The van der Waals surface area contributed by atoms with Crippen LogP contribution < -0.4 is 10.6 Å². The lowest BCUT2D eigenvalue weighted by atomic mass is 10.1. The van der Waals surface area contributed by atoms with E-state index in [-0.39, 0.29) is 5.11 Å². The second kappa shape index (κ2) is 7.89. The highest BCUT2D eigenvalue weighted by Crippen LogP contribution is 2.34. The molecular weight excluding hydrogens is 411 g/mol. The minimum atomic E-state index is -0.422. The number of carbonyl (C=O) groups is 1. The van der Waals surface area contributed by atoms with Gasteiger partial charge in [0.25, 0.3) is 0 Å². The van der Waals surface area contributed by atoms with Gasteiger partial charge in [-0.3, -0.25) is 0 Å². The molecule has 0 atom stereocenters. The minimum Gasteiger partial charge on any atom is -0.465 e. The second-order valence-corrected chi connectivity index (χ2v) is 7.66. The van der Waals surface area contributed by atoms with Crippen LogP contribution >= 0.6 is 58.4 Å². The molecular formula is C15H13Cl3N2O2S2. The standard InChI is InChI=1S/C15H13Cl3N2O2S2/c1-6-7(2)24-13(12(6)14(21)22-3)20-15(23)19-11-5-9(17)8(16)4-10(11)18/h4-5H,1-3H3,(H2,19,20,23). The fraction of sp³-hybridized carbons (Fsp3) is 0.200. The molecule has 0 saturated carbocycles. The highest BCUT2D eigenvalue weighted by atomic mass is 35.5. The molecule has 0 bridgehead atoms. The highest BCUT2D eigenvalue weighted by Gasteiger charge is 2.21. The van der Waals surface area contributed by atoms with E-state index in [1.807, 2.05) is 13.8 Å². The van der Waals surface area contributed by atoms with E-state index in [1.54, 1.807) is 6.07 Å². The number of rotatable bonds is 3. The van der Waals surface area contributed by atoms with Gasteiger partial charge in [0.2, 0.25) is 0 Å². The Morgan fingerprint density at radius 2 is 1.75 bits per heavy atom. The first-order valence-corrected chi connectivity index (χ1v) is 9.01. The third-order valence-electron chi connectivity index (χ3n) is 3.26. The van der Waals surface area contributed by atoms with Gasteiger partial charge in [0, 0.05) is 4.88 Å². The summed E-state index contributed by atoms with van der Waals surface area (Å²) in [4.78, 5) is 13.0. The number of carbonyl (C=O) groups excluding carboxylic acids is 1. The number of benzene rings is 1. The van der Waals surface area contributed by atoms with Gasteiger partial charge in [-0.15, -0.1) is 11.3 Å². The second-order valence-electron chi connectivity index (χ2n) is 4.80. The van der Waals surface area contributed by atoms with Crippen LogP contribution in [0.5, 0.6) is 0 Å². The molecule has 9 heteroatoms. The van der Waals surface area contributed by atoms with Crippen molar-refractivity contribution in [1.29, 1.82) is 0 Å². The maximum atomic E-state index is 12.0. The topological polar surface area (TPSA) is 50.4 Å². The Morgan fingerprint density at radius 3 is 2.38 bits per heavy atom. The third kappa shape index (κ3) is 4.13. The van der Waals surface area contributed by atoms with E-state index in [2.05, 4.69) is 10.6 Å². The average molecular weight is 424 g/mol. The normalized spacial score (nSPS) is 10.4. The smallest absolute Gasteiger partial charge is 0.341 e. The van der Waals surface area contributed by atoms with E-state index in [0.29, 0.717) is 31.3 Å². The molecule has 128 valence electrons. The zero-order valence-corrected chi connectivity index (χ0v) is 16.8. The van der Waals surface area contributed by atoms with Crippen LogP contribution in [0.25, 0.3) is 0 Å². The zero-order chi connectivity index (χ0) is 18.0. The molecule has 0 spiro atoms. The quantitative estimate of drug-likeness (QED) is 0.364. The van der Waals surface area contributed by atoms with Gasteiger partial charge in [-0.2, -0.15) is 0 Å². The molecule has 1 heterocycles. The van der Waals surface area contributed by atoms with Crippen LogP contribution in [-0.2, 0) is 4.74 Å². The highest BCUT2D eigenvalue weighted by molar-refractivity contribution is 7.80. The van der Waals surface area contributed by atoms with E-state index < -0.39 is 5.97 Å². The van der Waals surface area contributed by atoms with E-state index >= 15 is 0 Å². The number of hydrogen-bond donors (Lipinski definition) is 2. The van der Waals surface area contributed by atoms with Crippen LogP contribution in [0.3, 0.4) is 0 Å². The summed E-state index contributed by atoms with van der Waals surface area (Å²) >= 11 is 24.7. The molecule has 0 amide bonds. The molecule has 24 heavy (non-hydrogen) atoms. The molecule has 2 N–H and O–H groups in total. The largest absolute Gasteiger partial charge is 0.465 e. The van der Waals surface area contributed by atoms with Gasteiger partial charge in [0.05, 0.1) is 33.4 Å². The van der Waals surface area contributed by atoms with Crippen molar-refractivity contribution in [3.8, 4) is 0 Å². The Labute approximate surface area is 164 Å². The molecule has 4 nitrogen and oxygen atoms in total. The van der Waals surface area contributed by atoms with Crippen molar-refractivity contribution in [1.82, 2.24) is 0 Å². The lowest BCUT2D eigenvalue weighted by Gasteiger charge is -2.12. The molecule has 0 aliphatic rings. The minimum absolute atomic E-state index is 0.265. The SMILES string of the molecule is COC(=O)c1c(NC(=S)Nc2cc(Cl)c(Cl)cc2Cl)sc(C)c1C. The van der Waals surface area contributed by atoms with Crippen LogP contribution in [0.1, 0.15) is 20.8 Å². The van der Waals surface area contributed by atoms with Crippen LogP contribution in [0.2, 0.25) is 15.1 Å². The van der Waals surface area contributed by atoms with Gasteiger partial charge in [0.15, 0.2) is 5.11 Å². The monoisotopic (exact) mass is 422 g/mol. The summed E-state index contributed by atoms with van der Waals surface area (Å²) in [5.41, 5.74) is 1.82. The molecule has 1 aromatic carbocycles. The Hall–Kier alpha value is -1.05. The predicted octanol–water partition coefficient (Wildman–Crippen LogP) is 5.92.